The van der Waals surface area contributed by atoms with Gasteiger partial charge in [0.05, 0.1) is 24.6 Å². The Morgan fingerprint density at radius 2 is 2.08 bits per heavy atom. The Morgan fingerprint density at radius 1 is 1.32 bits per heavy atom. The fourth-order valence-corrected chi connectivity index (χ4v) is 3.69. The van der Waals surface area contributed by atoms with E-state index in [0.29, 0.717) is 25.0 Å². The van der Waals surface area contributed by atoms with Crippen LogP contribution < -0.4 is 5.32 Å². The van der Waals surface area contributed by atoms with E-state index in [1.54, 1.807) is 12.1 Å². The molecule has 8 heteroatoms. The van der Waals surface area contributed by atoms with Crippen LogP contribution in [-0.4, -0.2) is 35.5 Å². The Balaban J connectivity index is 1.58. The van der Waals surface area contributed by atoms with Gasteiger partial charge in [0.1, 0.15) is 5.76 Å². The van der Waals surface area contributed by atoms with Crippen LogP contribution >= 0.6 is 0 Å². The molecule has 2 amide bonds. The van der Waals surface area contributed by atoms with Crippen LogP contribution in [0.15, 0.2) is 22.8 Å². The normalized spacial score (nSPS) is 27.6. The maximum atomic E-state index is 13.1. The number of hydrogen-bond donors (Lipinski definition) is 1. The summed E-state index contributed by atoms with van der Waals surface area (Å²) in [6, 6.07) is 2.55. The predicted molar refractivity (Wildman–Crippen MR) is 82.2 cm³/mol. The van der Waals surface area contributed by atoms with Gasteiger partial charge in [0.15, 0.2) is 0 Å². The van der Waals surface area contributed by atoms with Gasteiger partial charge in [0, 0.05) is 19.0 Å². The highest BCUT2D eigenvalue weighted by Crippen LogP contribution is 2.38. The number of nitrogens with one attached hydrogen (secondary N) is 1. The van der Waals surface area contributed by atoms with E-state index in [2.05, 4.69) is 5.32 Å². The molecule has 2 heterocycles. The Hall–Kier alpha value is -1.99. The van der Waals surface area contributed by atoms with Gasteiger partial charge in [-0.2, -0.15) is 13.2 Å². The molecule has 25 heavy (non-hydrogen) atoms. The quantitative estimate of drug-likeness (QED) is 0.900. The van der Waals surface area contributed by atoms with Crippen LogP contribution in [0.5, 0.6) is 0 Å². The van der Waals surface area contributed by atoms with Crippen molar-refractivity contribution >= 4 is 11.8 Å². The van der Waals surface area contributed by atoms with Gasteiger partial charge in [-0.05, 0) is 25.0 Å². The van der Waals surface area contributed by atoms with E-state index >= 15 is 0 Å². The van der Waals surface area contributed by atoms with Crippen LogP contribution in [0.3, 0.4) is 0 Å². The first-order valence-electron chi connectivity index (χ1n) is 8.52. The number of nitrogens with zero attached hydrogens (tertiary/aromatic N) is 1. The summed E-state index contributed by atoms with van der Waals surface area (Å²) in [7, 11) is 0. The van der Waals surface area contributed by atoms with Crippen molar-refractivity contribution in [1.82, 2.24) is 10.2 Å². The topological polar surface area (TPSA) is 62.6 Å². The molecule has 1 aromatic rings. The van der Waals surface area contributed by atoms with E-state index in [-0.39, 0.29) is 31.8 Å². The van der Waals surface area contributed by atoms with E-state index < -0.39 is 30.0 Å². The lowest BCUT2D eigenvalue weighted by molar-refractivity contribution is -0.189. The maximum Gasteiger partial charge on any atom is 0.393 e. The minimum atomic E-state index is -4.31. The molecular formula is C17H21F3N2O3. The molecule has 0 bridgehead atoms. The van der Waals surface area contributed by atoms with Crippen molar-refractivity contribution in [3.63, 3.8) is 0 Å². The fourth-order valence-electron chi connectivity index (χ4n) is 3.69. The lowest BCUT2D eigenvalue weighted by Crippen LogP contribution is -2.49. The van der Waals surface area contributed by atoms with E-state index in [0.717, 1.165) is 0 Å². The number of carbonyl (C=O) groups is 2. The summed E-state index contributed by atoms with van der Waals surface area (Å²) in [4.78, 5) is 26.0. The smallest absolute Gasteiger partial charge is 0.393 e. The molecule has 1 aliphatic heterocycles. The summed E-state index contributed by atoms with van der Waals surface area (Å²) in [6.07, 6.45) is -1.22. The van der Waals surface area contributed by atoms with Gasteiger partial charge in [-0.3, -0.25) is 9.59 Å². The molecule has 1 N–H and O–H groups in total. The first-order valence-corrected chi connectivity index (χ1v) is 8.52. The maximum absolute atomic E-state index is 13.1. The number of rotatable bonds is 4. The summed E-state index contributed by atoms with van der Waals surface area (Å²) < 4.78 is 44.6. The number of carbonyl (C=O) groups excluding carboxylic acids is 2. The monoisotopic (exact) mass is 358 g/mol. The average molecular weight is 358 g/mol. The Kier molecular flexibility index (Phi) is 5.06. The molecule has 2 aliphatic rings. The second kappa shape index (κ2) is 7.09. The number of hydrogen-bond acceptors (Lipinski definition) is 3. The third kappa shape index (κ3) is 4.16. The molecule has 1 aromatic heterocycles. The summed E-state index contributed by atoms with van der Waals surface area (Å²) in [5.74, 6) is -2.15. The van der Waals surface area contributed by atoms with Crippen molar-refractivity contribution < 1.29 is 27.2 Å². The summed E-state index contributed by atoms with van der Waals surface area (Å²) in [6.45, 7) is 0.471. The summed E-state index contributed by atoms with van der Waals surface area (Å²) >= 11 is 0. The molecule has 138 valence electrons. The van der Waals surface area contributed by atoms with Gasteiger partial charge in [0.2, 0.25) is 11.8 Å². The number of furan rings is 1. The molecule has 5 nitrogen and oxygen atoms in total. The third-order valence-corrected chi connectivity index (χ3v) is 5.03. The number of likely N-dealkylation sites (tertiary alicyclic amines) is 1. The van der Waals surface area contributed by atoms with Crippen LogP contribution in [0.1, 0.15) is 37.9 Å². The second-order valence-corrected chi connectivity index (χ2v) is 6.80. The van der Waals surface area contributed by atoms with Crippen molar-refractivity contribution in [2.45, 2.75) is 50.9 Å². The van der Waals surface area contributed by atoms with Gasteiger partial charge in [-0.25, -0.2) is 0 Å². The lowest BCUT2D eigenvalue weighted by Gasteiger charge is -2.34. The highest BCUT2D eigenvalue weighted by molar-refractivity contribution is 5.89. The van der Waals surface area contributed by atoms with Crippen molar-refractivity contribution in [1.29, 1.82) is 0 Å². The molecule has 3 unspecified atom stereocenters. The zero-order valence-corrected chi connectivity index (χ0v) is 13.7. The van der Waals surface area contributed by atoms with Gasteiger partial charge < -0.3 is 14.6 Å². The van der Waals surface area contributed by atoms with Crippen LogP contribution in [0, 0.1) is 11.8 Å². The van der Waals surface area contributed by atoms with Gasteiger partial charge >= 0.3 is 6.18 Å². The fraction of sp³-hybridized carbons (Fsp3) is 0.647. The standard InChI is InChI=1S/C17H21F3N2O3/c18-17(19,20)13-5-1-2-6-14(13)21-16(24)11-8-15(23)22(9-11)10-12-4-3-7-25-12/h3-4,7,11,13-14H,1-2,5-6,8-10H2,(H,21,24). The first-order chi connectivity index (χ1) is 11.8. The van der Waals surface area contributed by atoms with Crippen LogP contribution in [0.25, 0.3) is 0 Å². The van der Waals surface area contributed by atoms with Crippen LogP contribution in [0.2, 0.25) is 0 Å². The van der Waals surface area contributed by atoms with Crippen molar-refractivity contribution in [3.8, 4) is 0 Å². The van der Waals surface area contributed by atoms with Gasteiger partial charge in [-0.15, -0.1) is 0 Å². The molecule has 3 rings (SSSR count). The average Bonchev–Trinajstić information content (AvgIpc) is 3.18. The summed E-state index contributed by atoms with van der Waals surface area (Å²) in [5, 5.41) is 2.56. The molecule has 0 spiro atoms. The molecule has 1 saturated heterocycles. The third-order valence-electron chi connectivity index (χ3n) is 5.03. The van der Waals surface area contributed by atoms with Crippen molar-refractivity contribution in [3.05, 3.63) is 24.2 Å². The Bertz CT molecular complexity index is 615. The molecule has 2 fully saturated rings. The highest BCUT2D eigenvalue weighted by atomic mass is 19.4. The molecular weight excluding hydrogens is 337 g/mol. The number of alkyl halides is 3. The van der Waals surface area contributed by atoms with Crippen LogP contribution in [-0.2, 0) is 16.1 Å². The van der Waals surface area contributed by atoms with Crippen LogP contribution in [0.4, 0.5) is 13.2 Å². The molecule has 0 aromatic carbocycles. The molecule has 3 atom stereocenters. The number of halogens is 3. The zero-order chi connectivity index (χ0) is 18.0. The minimum Gasteiger partial charge on any atom is -0.467 e. The molecule has 0 radical (unpaired) electrons. The predicted octanol–water partition coefficient (Wildman–Crippen LogP) is 2.87. The number of amides is 2. The summed E-state index contributed by atoms with van der Waals surface area (Å²) in [5.41, 5.74) is 0. The van der Waals surface area contributed by atoms with Gasteiger partial charge in [-0.1, -0.05) is 12.8 Å². The lowest BCUT2D eigenvalue weighted by atomic mass is 9.83. The molecule has 1 aliphatic carbocycles. The van der Waals surface area contributed by atoms with E-state index in [1.165, 1.54) is 11.2 Å². The zero-order valence-electron chi connectivity index (χ0n) is 13.7. The Morgan fingerprint density at radius 3 is 2.76 bits per heavy atom. The van der Waals surface area contributed by atoms with E-state index in [4.69, 9.17) is 4.42 Å². The van der Waals surface area contributed by atoms with Crippen molar-refractivity contribution in [2.24, 2.45) is 11.8 Å². The largest absolute Gasteiger partial charge is 0.467 e. The van der Waals surface area contributed by atoms with Crippen molar-refractivity contribution in [2.75, 3.05) is 6.54 Å². The Labute approximate surface area is 143 Å². The minimum absolute atomic E-state index is 0.0238. The van der Waals surface area contributed by atoms with E-state index in [9.17, 15) is 22.8 Å². The molecule has 1 saturated carbocycles. The highest BCUT2D eigenvalue weighted by Gasteiger charge is 2.46. The first kappa shape index (κ1) is 17.8. The second-order valence-electron chi connectivity index (χ2n) is 6.80. The van der Waals surface area contributed by atoms with E-state index in [1.807, 2.05) is 0 Å². The SMILES string of the molecule is O=C(NC1CCCCC1C(F)(F)F)C1CC(=O)N(Cc2ccco2)C1. The van der Waals surface area contributed by atoms with Gasteiger partial charge in [0.25, 0.3) is 0 Å².